The van der Waals surface area contributed by atoms with Gasteiger partial charge in [-0.25, -0.2) is 4.98 Å². The van der Waals surface area contributed by atoms with Crippen LogP contribution in [0.15, 0.2) is 34.7 Å². The predicted molar refractivity (Wildman–Crippen MR) is 103 cm³/mol. The minimum Gasteiger partial charge on any atom is -0.466 e. The first kappa shape index (κ1) is 18.3. The second kappa shape index (κ2) is 8.21. The standard InChI is InChI=1S/C17H23N3O2SSi/c1-5-22-16(21)10-14-12-23-17(19-14)20-18-11-13-6-8-15(9-7-13)24(2,3)4/h6-9,11-12H,5,10H2,1-4H3,(H,19,20). The molecular weight excluding hydrogens is 338 g/mol. The minimum absolute atomic E-state index is 0.188. The van der Waals surface area contributed by atoms with Crippen molar-refractivity contribution in [1.82, 2.24) is 4.98 Å². The maximum Gasteiger partial charge on any atom is 0.311 e. The molecule has 5 nitrogen and oxygen atoms in total. The summed E-state index contributed by atoms with van der Waals surface area (Å²) in [6.45, 7) is 9.15. The second-order valence-corrected chi connectivity index (χ2v) is 12.3. The molecule has 1 aromatic carbocycles. The zero-order valence-corrected chi connectivity index (χ0v) is 16.3. The fourth-order valence-electron chi connectivity index (χ4n) is 2.03. The van der Waals surface area contributed by atoms with E-state index in [1.165, 1.54) is 16.5 Å². The number of ether oxygens (including phenoxy) is 1. The summed E-state index contributed by atoms with van der Waals surface area (Å²) in [5.41, 5.74) is 4.62. The van der Waals surface area contributed by atoms with Gasteiger partial charge in [0.1, 0.15) is 0 Å². The Morgan fingerprint density at radius 3 is 2.67 bits per heavy atom. The molecule has 2 aromatic rings. The Bertz CT molecular complexity index is 705. The number of benzene rings is 1. The zero-order chi connectivity index (χ0) is 17.6. The smallest absolute Gasteiger partial charge is 0.311 e. The predicted octanol–water partition coefficient (Wildman–Crippen LogP) is 3.24. The maximum absolute atomic E-state index is 11.4. The Labute approximate surface area is 147 Å². The van der Waals surface area contributed by atoms with Crippen LogP contribution in [-0.4, -0.2) is 31.8 Å². The molecule has 0 radical (unpaired) electrons. The molecule has 0 aliphatic carbocycles. The number of hydrazone groups is 1. The Morgan fingerprint density at radius 2 is 2.04 bits per heavy atom. The first-order valence-electron chi connectivity index (χ1n) is 7.88. The summed E-state index contributed by atoms with van der Waals surface area (Å²) >= 11 is 1.41. The van der Waals surface area contributed by atoms with Crippen molar-refractivity contribution in [2.45, 2.75) is 33.0 Å². The van der Waals surface area contributed by atoms with Gasteiger partial charge in [-0.05, 0) is 12.5 Å². The molecule has 0 aliphatic rings. The Morgan fingerprint density at radius 1 is 1.33 bits per heavy atom. The van der Waals surface area contributed by atoms with Crippen LogP contribution in [0.4, 0.5) is 5.13 Å². The first-order valence-corrected chi connectivity index (χ1v) is 12.3. The number of nitrogens with zero attached hydrogens (tertiary/aromatic N) is 2. The van der Waals surface area contributed by atoms with Gasteiger partial charge in [0.25, 0.3) is 0 Å². The van der Waals surface area contributed by atoms with E-state index in [0.29, 0.717) is 17.4 Å². The van der Waals surface area contributed by atoms with E-state index in [1.54, 1.807) is 13.1 Å². The molecular formula is C17H23N3O2SSi. The fourth-order valence-corrected chi connectivity index (χ4v) is 3.86. The molecule has 1 N–H and O–H groups in total. The lowest BCUT2D eigenvalue weighted by molar-refractivity contribution is -0.142. The fraction of sp³-hybridized carbons (Fsp3) is 0.353. The van der Waals surface area contributed by atoms with E-state index in [1.807, 2.05) is 5.38 Å². The zero-order valence-electron chi connectivity index (χ0n) is 14.5. The van der Waals surface area contributed by atoms with Crippen molar-refractivity contribution in [2.24, 2.45) is 5.10 Å². The normalized spacial score (nSPS) is 11.7. The summed E-state index contributed by atoms with van der Waals surface area (Å²) in [4.78, 5) is 15.7. The van der Waals surface area contributed by atoms with E-state index in [0.717, 1.165) is 5.56 Å². The summed E-state index contributed by atoms with van der Waals surface area (Å²) in [7, 11) is -1.26. The third-order valence-corrected chi connectivity index (χ3v) is 6.19. The number of nitrogens with one attached hydrogen (secondary N) is 1. The van der Waals surface area contributed by atoms with Crippen LogP contribution in [0.25, 0.3) is 0 Å². The number of carbonyl (C=O) groups is 1. The van der Waals surface area contributed by atoms with Crippen LogP contribution in [-0.2, 0) is 16.0 Å². The van der Waals surface area contributed by atoms with Crippen molar-refractivity contribution in [2.75, 3.05) is 12.0 Å². The number of aromatic nitrogens is 1. The van der Waals surface area contributed by atoms with Crippen LogP contribution in [0, 0.1) is 0 Å². The molecule has 24 heavy (non-hydrogen) atoms. The van der Waals surface area contributed by atoms with Gasteiger partial charge in [0, 0.05) is 5.38 Å². The molecule has 1 aromatic heterocycles. The van der Waals surface area contributed by atoms with Gasteiger partial charge in [-0.15, -0.1) is 11.3 Å². The summed E-state index contributed by atoms with van der Waals surface area (Å²) in [5, 5.41) is 8.12. The summed E-state index contributed by atoms with van der Waals surface area (Å²) in [5.74, 6) is -0.264. The third-order valence-electron chi connectivity index (χ3n) is 3.33. The summed E-state index contributed by atoms with van der Waals surface area (Å²) < 4.78 is 4.91. The SMILES string of the molecule is CCOC(=O)Cc1csc(NN=Cc2ccc([Si](C)(C)C)cc2)n1. The number of anilines is 1. The van der Waals surface area contributed by atoms with E-state index in [4.69, 9.17) is 4.74 Å². The highest BCUT2D eigenvalue weighted by Crippen LogP contribution is 2.16. The molecule has 0 spiro atoms. The van der Waals surface area contributed by atoms with Crippen molar-refractivity contribution in [3.8, 4) is 0 Å². The van der Waals surface area contributed by atoms with Gasteiger partial charge >= 0.3 is 5.97 Å². The first-order chi connectivity index (χ1) is 11.4. The Hall–Kier alpha value is -1.99. The quantitative estimate of drug-likeness (QED) is 0.356. The van der Waals surface area contributed by atoms with Crippen LogP contribution >= 0.6 is 11.3 Å². The van der Waals surface area contributed by atoms with E-state index >= 15 is 0 Å². The van der Waals surface area contributed by atoms with Crippen LogP contribution < -0.4 is 10.6 Å². The van der Waals surface area contributed by atoms with Crippen molar-refractivity contribution < 1.29 is 9.53 Å². The molecule has 0 aliphatic heterocycles. The van der Waals surface area contributed by atoms with Gasteiger partial charge in [-0.1, -0.05) is 49.1 Å². The van der Waals surface area contributed by atoms with Gasteiger partial charge in [0.2, 0.25) is 5.13 Å². The maximum atomic E-state index is 11.4. The van der Waals surface area contributed by atoms with Crippen LogP contribution in [0.3, 0.4) is 0 Å². The molecule has 0 bridgehead atoms. The Kier molecular flexibility index (Phi) is 6.27. The van der Waals surface area contributed by atoms with Gasteiger partial charge < -0.3 is 4.74 Å². The highest BCUT2D eigenvalue weighted by molar-refractivity contribution is 7.13. The molecule has 0 unspecified atom stereocenters. The van der Waals surface area contributed by atoms with Crippen molar-refractivity contribution >= 4 is 41.9 Å². The van der Waals surface area contributed by atoms with Gasteiger partial charge in [-0.3, -0.25) is 10.2 Å². The number of hydrogen-bond acceptors (Lipinski definition) is 6. The molecule has 2 rings (SSSR count). The highest BCUT2D eigenvalue weighted by atomic mass is 32.1. The molecule has 0 atom stereocenters. The average molecular weight is 362 g/mol. The molecule has 0 saturated carbocycles. The summed E-state index contributed by atoms with van der Waals surface area (Å²) in [6, 6.07) is 8.50. The molecule has 0 fully saturated rings. The van der Waals surface area contributed by atoms with E-state index in [9.17, 15) is 4.79 Å². The summed E-state index contributed by atoms with van der Waals surface area (Å²) in [6.07, 6.45) is 1.95. The van der Waals surface area contributed by atoms with Gasteiger partial charge in [-0.2, -0.15) is 5.10 Å². The topological polar surface area (TPSA) is 63.6 Å². The van der Waals surface area contributed by atoms with Crippen molar-refractivity contribution in [1.29, 1.82) is 0 Å². The van der Waals surface area contributed by atoms with E-state index < -0.39 is 8.07 Å². The second-order valence-electron chi connectivity index (χ2n) is 6.37. The Balaban J connectivity index is 1.90. The molecule has 0 saturated heterocycles. The van der Waals surface area contributed by atoms with Crippen LogP contribution in [0.1, 0.15) is 18.2 Å². The lowest BCUT2D eigenvalue weighted by atomic mass is 10.2. The lowest BCUT2D eigenvalue weighted by Gasteiger charge is -2.16. The van der Waals surface area contributed by atoms with Gasteiger partial charge in [0.05, 0.1) is 33.0 Å². The number of rotatable bonds is 7. The number of carbonyl (C=O) groups excluding carboxylic acids is 1. The lowest BCUT2D eigenvalue weighted by Crippen LogP contribution is -2.37. The van der Waals surface area contributed by atoms with Crippen molar-refractivity contribution in [3.05, 3.63) is 40.9 Å². The van der Waals surface area contributed by atoms with Gasteiger partial charge in [0.15, 0.2) is 0 Å². The number of thiazole rings is 1. The largest absolute Gasteiger partial charge is 0.466 e. The molecule has 1 heterocycles. The molecule has 7 heteroatoms. The van der Waals surface area contributed by atoms with E-state index in [2.05, 4.69) is 59.4 Å². The third kappa shape index (κ3) is 5.57. The molecule has 128 valence electrons. The monoisotopic (exact) mass is 361 g/mol. The highest BCUT2D eigenvalue weighted by Gasteiger charge is 2.15. The number of esters is 1. The minimum atomic E-state index is -1.26. The average Bonchev–Trinajstić information content (AvgIpc) is 2.94. The van der Waals surface area contributed by atoms with E-state index in [-0.39, 0.29) is 12.4 Å². The molecule has 0 amide bonds. The van der Waals surface area contributed by atoms with Crippen LogP contribution in [0.2, 0.25) is 19.6 Å². The van der Waals surface area contributed by atoms with Crippen molar-refractivity contribution in [3.63, 3.8) is 0 Å². The van der Waals surface area contributed by atoms with Crippen LogP contribution in [0.5, 0.6) is 0 Å². The number of hydrogen-bond donors (Lipinski definition) is 1.